The van der Waals surface area contributed by atoms with Gasteiger partial charge in [-0.15, -0.1) is 0 Å². The highest BCUT2D eigenvalue weighted by Crippen LogP contribution is 2.29. The number of thioether (sulfide) groups is 1. The number of aryl methyl sites for hydroxylation is 2. The second-order valence-electron chi connectivity index (χ2n) is 7.91. The van der Waals surface area contributed by atoms with Gasteiger partial charge in [-0.1, -0.05) is 67.2 Å². The summed E-state index contributed by atoms with van der Waals surface area (Å²) in [6.45, 7) is 2.77. The molecule has 0 aliphatic heterocycles. The minimum Gasteiger partial charge on any atom is -0.383 e. The predicted octanol–water partition coefficient (Wildman–Crippen LogP) is 4.34. The van der Waals surface area contributed by atoms with E-state index in [9.17, 15) is 9.59 Å². The number of anilines is 1. The van der Waals surface area contributed by atoms with Crippen molar-refractivity contribution in [3.8, 4) is 11.1 Å². The zero-order valence-corrected chi connectivity index (χ0v) is 20.4. The Bertz CT molecular complexity index is 1360. The highest BCUT2D eigenvalue weighted by atomic mass is 32.2. The molecule has 0 saturated heterocycles. The third-order valence-corrected chi connectivity index (χ3v) is 6.63. The second-order valence-corrected chi connectivity index (χ2v) is 8.85. The molecule has 0 spiro atoms. The molecule has 0 radical (unpaired) electrons. The molecule has 4 aromatic rings. The number of rotatable bonds is 9. The number of para-hydroxylation sites is 1. The number of ether oxygens (including phenoxy) is 1. The first-order valence-corrected chi connectivity index (χ1v) is 12.2. The van der Waals surface area contributed by atoms with Gasteiger partial charge >= 0.3 is 0 Å². The number of carbonyl (C=O) groups excluding carboxylic acids is 1. The van der Waals surface area contributed by atoms with Crippen molar-refractivity contribution < 1.29 is 9.53 Å². The highest BCUT2D eigenvalue weighted by Gasteiger charge is 2.19. The molecule has 0 aliphatic rings. The largest absolute Gasteiger partial charge is 0.383 e. The number of nitrogens with one attached hydrogen (secondary N) is 1. The van der Waals surface area contributed by atoms with E-state index >= 15 is 0 Å². The monoisotopic (exact) mass is 476 g/mol. The van der Waals surface area contributed by atoms with Gasteiger partial charge in [-0.05, 0) is 23.6 Å². The SMILES string of the molecule is CCc1ccccc1NC(=O)CSc1nc2c(-c3ccccc3)cn(C)c2c(=O)n1CCOC. The lowest BCUT2D eigenvalue weighted by Gasteiger charge is -2.13. The first-order chi connectivity index (χ1) is 16.5. The van der Waals surface area contributed by atoms with Gasteiger partial charge in [0.2, 0.25) is 5.91 Å². The summed E-state index contributed by atoms with van der Waals surface area (Å²) >= 11 is 1.26. The smallest absolute Gasteiger partial charge is 0.278 e. The number of nitrogens with zero attached hydrogens (tertiary/aromatic N) is 3. The quantitative estimate of drug-likeness (QED) is 0.287. The van der Waals surface area contributed by atoms with Crippen LogP contribution in [-0.2, 0) is 29.5 Å². The Balaban J connectivity index is 1.68. The summed E-state index contributed by atoms with van der Waals surface area (Å²) in [7, 11) is 3.45. The molecule has 7 nitrogen and oxygen atoms in total. The summed E-state index contributed by atoms with van der Waals surface area (Å²) < 4.78 is 8.63. The Morgan fingerprint density at radius 2 is 1.85 bits per heavy atom. The van der Waals surface area contributed by atoms with E-state index in [2.05, 4.69) is 12.2 Å². The van der Waals surface area contributed by atoms with Crippen LogP contribution in [0.2, 0.25) is 0 Å². The molecule has 2 aromatic heterocycles. The number of carbonyl (C=O) groups is 1. The number of amides is 1. The molecule has 8 heteroatoms. The summed E-state index contributed by atoms with van der Waals surface area (Å²) in [4.78, 5) is 31.1. The molecule has 2 aromatic carbocycles. The van der Waals surface area contributed by atoms with Crippen molar-refractivity contribution in [3.63, 3.8) is 0 Å². The summed E-state index contributed by atoms with van der Waals surface area (Å²) in [5.74, 6) is -0.00823. The zero-order valence-electron chi connectivity index (χ0n) is 19.6. The van der Waals surface area contributed by atoms with Crippen molar-refractivity contribution in [2.24, 2.45) is 7.05 Å². The molecule has 0 atom stereocenters. The van der Waals surface area contributed by atoms with Gasteiger partial charge in [0.05, 0.1) is 18.9 Å². The van der Waals surface area contributed by atoms with Crippen molar-refractivity contribution in [3.05, 3.63) is 76.7 Å². The van der Waals surface area contributed by atoms with Gasteiger partial charge in [-0.25, -0.2) is 4.98 Å². The maximum Gasteiger partial charge on any atom is 0.278 e. The Hall–Kier alpha value is -3.36. The summed E-state index contributed by atoms with van der Waals surface area (Å²) in [6.07, 6.45) is 2.76. The average Bonchev–Trinajstić information content (AvgIpc) is 3.19. The van der Waals surface area contributed by atoms with Crippen molar-refractivity contribution in [2.75, 3.05) is 24.8 Å². The number of hydrogen-bond acceptors (Lipinski definition) is 5. The maximum atomic E-state index is 13.5. The molecule has 34 heavy (non-hydrogen) atoms. The van der Waals surface area contributed by atoms with Crippen LogP contribution in [0.25, 0.3) is 22.2 Å². The van der Waals surface area contributed by atoms with Gasteiger partial charge in [0.25, 0.3) is 5.56 Å². The second kappa shape index (κ2) is 10.7. The van der Waals surface area contributed by atoms with Crippen LogP contribution in [0.4, 0.5) is 5.69 Å². The van der Waals surface area contributed by atoms with E-state index in [1.807, 2.05) is 72.4 Å². The molecule has 176 valence electrons. The Morgan fingerprint density at radius 3 is 2.59 bits per heavy atom. The summed E-state index contributed by atoms with van der Waals surface area (Å²) in [5, 5.41) is 3.48. The predicted molar refractivity (Wildman–Crippen MR) is 137 cm³/mol. The first kappa shape index (κ1) is 23.8. The topological polar surface area (TPSA) is 78.2 Å². The lowest BCUT2D eigenvalue weighted by molar-refractivity contribution is -0.113. The fourth-order valence-corrected chi connectivity index (χ4v) is 4.75. The number of methoxy groups -OCH3 is 1. The molecule has 0 fully saturated rings. The van der Waals surface area contributed by atoms with Crippen molar-refractivity contribution in [1.82, 2.24) is 14.1 Å². The molecule has 0 bridgehead atoms. The van der Waals surface area contributed by atoms with Gasteiger partial charge in [0, 0.05) is 31.6 Å². The Kier molecular flexibility index (Phi) is 7.49. The van der Waals surface area contributed by atoms with Gasteiger partial charge in [0.15, 0.2) is 5.16 Å². The number of aromatic nitrogens is 3. The van der Waals surface area contributed by atoms with Crippen LogP contribution in [0.15, 0.2) is 70.7 Å². The van der Waals surface area contributed by atoms with Gasteiger partial charge < -0.3 is 14.6 Å². The summed E-state index contributed by atoms with van der Waals surface area (Å²) in [6, 6.07) is 17.6. The van der Waals surface area contributed by atoms with E-state index in [0.29, 0.717) is 29.3 Å². The lowest BCUT2D eigenvalue weighted by Crippen LogP contribution is -2.27. The standard InChI is InChI=1S/C26H28N4O3S/c1-4-18-10-8-9-13-21(18)27-22(31)17-34-26-28-23-20(19-11-6-5-7-12-19)16-29(2)24(23)25(32)30(26)14-15-33-3/h5-13,16H,4,14-15,17H2,1-3H3,(H,27,31). The number of benzene rings is 2. The molecule has 0 saturated carbocycles. The van der Waals surface area contributed by atoms with Gasteiger partial charge in [-0.3, -0.25) is 14.2 Å². The fourth-order valence-electron chi connectivity index (χ4n) is 3.94. The number of hydrogen-bond donors (Lipinski definition) is 1. The van der Waals surface area contributed by atoms with E-state index in [1.165, 1.54) is 11.8 Å². The minimum atomic E-state index is -0.147. The molecule has 0 unspecified atom stereocenters. The van der Waals surface area contributed by atoms with Crippen LogP contribution in [0.1, 0.15) is 12.5 Å². The Labute approximate surface area is 202 Å². The minimum absolute atomic E-state index is 0.135. The van der Waals surface area contributed by atoms with E-state index < -0.39 is 0 Å². The van der Waals surface area contributed by atoms with Crippen molar-refractivity contribution >= 4 is 34.4 Å². The molecule has 0 aliphatic carbocycles. The zero-order chi connectivity index (χ0) is 24.1. The van der Waals surface area contributed by atoms with Crippen molar-refractivity contribution in [2.45, 2.75) is 25.0 Å². The molecule has 2 heterocycles. The fraction of sp³-hybridized carbons (Fsp3) is 0.269. The molecular weight excluding hydrogens is 448 g/mol. The normalized spacial score (nSPS) is 11.1. The van der Waals surface area contributed by atoms with Crippen LogP contribution in [0.3, 0.4) is 0 Å². The van der Waals surface area contributed by atoms with Crippen LogP contribution in [0, 0.1) is 0 Å². The lowest BCUT2D eigenvalue weighted by atomic mass is 10.1. The average molecular weight is 477 g/mol. The van der Waals surface area contributed by atoms with Crippen LogP contribution in [0.5, 0.6) is 0 Å². The third kappa shape index (κ3) is 4.93. The van der Waals surface area contributed by atoms with Crippen LogP contribution in [-0.4, -0.2) is 39.5 Å². The van der Waals surface area contributed by atoms with Crippen LogP contribution >= 0.6 is 11.8 Å². The van der Waals surface area contributed by atoms with Gasteiger partial charge in [0.1, 0.15) is 11.0 Å². The molecule has 1 N–H and O–H groups in total. The Morgan fingerprint density at radius 1 is 1.12 bits per heavy atom. The highest BCUT2D eigenvalue weighted by molar-refractivity contribution is 7.99. The molecule has 4 rings (SSSR count). The molecular formula is C26H28N4O3S. The number of fused-ring (bicyclic) bond motifs is 1. The van der Waals surface area contributed by atoms with E-state index in [0.717, 1.165) is 28.8 Å². The molecule has 1 amide bonds. The maximum absolute atomic E-state index is 13.5. The summed E-state index contributed by atoms with van der Waals surface area (Å²) in [5.41, 5.74) is 4.77. The van der Waals surface area contributed by atoms with E-state index in [-0.39, 0.29) is 17.2 Å². The van der Waals surface area contributed by atoms with E-state index in [1.54, 1.807) is 11.7 Å². The third-order valence-electron chi connectivity index (χ3n) is 5.65. The van der Waals surface area contributed by atoms with Crippen molar-refractivity contribution in [1.29, 1.82) is 0 Å². The van der Waals surface area contributed by atoms with Gasteiger partial charge in [-0.2, -0.15) is 0 Å². The van der Waals surface area contributed by atoms with Crippen LogP contribution < -0.4 is 10.9 Å². The first-order valence-electron chi connectivity index (χ1n) is 11.2. The van der Waals surface area contributed by atoms with E-state index in [4.69, 9.17) is 9.72 Å².